The molecule has 1 rings (SSSR count). The lowest BCUT2D eigenvalue weighted by molar-refractivity contribution is -0.150. The molecule has 112 valence electrons. The number of benzene rings is 1. The number of carbonyl (C=O) groups is 1. The van der Waals surface area contributed by atoms with Gasteiger partial charge in [-0.25, -0.2) is 0 Å². The zero-order valence-corrected chi connectivity index (χ0v) is 13.0. The molecule has 0 spiro atoms. The molecule has 0 aliphatic heterocycles. The van der Waals surface area contributed by atoms with Crippen LogP contribution in [0, 0.1) is 5.41 Å². The third kappa shape index (κ3) is 3.99. The first-order valence-electron chi connectivity index (χ1n) is 7.41. The van der Waals surface area contributed by atoms with Crippen molar-refractivity contribution in [1.29, 1.82) is 0 Å². The van der Waals surface area contributed by atoms with Gasteiger partial charge in [-0.2, -0.15) is 0 Å². The van der Waals surface area contributed by atoms with Gasteiger partial charge in [0.25, 0.3) is 0 Å². The van der Waals surface area contributed by atoms with Gasteiger partial charge in [-0.15, -0.1) is 0 Å². The maximum atomic E-state index is 11.4. The molecule has 0 aliphatic carbocycles. The summed E-state index contributed by atoms with van der Waals surface area (Å²) in [5.41, 5.74) is 0.622. The van der Waals surface area contributed by atoms with Crippen LogP contribution < -0.4 is 4.74 Å². The van der Waals surface area contributed by atoms with Crippen LogP contribution in [0.15, 0.2) is 24.3 Å². The predicted molar refractivity (Wildman–Crippen MR) is 81.3 cm³/mol. The molecular formula is C17H26O3. The van der Waals surface area contributed by atoms with Gasteiger partial charge in [0, 0.05) is 0 Å². The molecule has 0 radical (unpaired) electrons. The fourth-order valence-electron chi connectivity index (χ4n) is 2.33. The first kappa shape index (κ1) is 16.5. The molecule has 20 heavy (non-hydrogen) atoms. The fourth-order valence-corrected chi connectivity index (χ4v) is 2.33. The van der Waals surface area contributed by atoms with Gasteiger partial charge in [-0.1, -0.05) is 39.8 Å². The Hall–Kier alpha value is -1.51. The Labute approximate surface area is 122 Å². The second kappa shape index (κ2) is 7.32. The van der Waals surface area contributed by atoms with Crippen LogP contribution in [-0.2, 0) is 4.79 Å². The number of rotatable bonds is 8. The van der Waals surface area contributed by atoms with Crippen LogP contribution in [0.4, 0.5) is 0 Å². The van der Waals surface area contributed by atoms with Crippen LogP contribution in [0.5, 0.6) is 5.75 Å². The van der Waals surface area contributed by atoms with E-state index in [1.54, 1.807) is 0 Å². The maximum Gasteiger partial charge on any atom is 0.309 e. The summed E-state index contributed by atoms with van der Waals surface area (Å²) >= 11 is 0. The normalized spacial score (nSPS) is 11.7. The van der Waals surface area contributed by atoms with Gasteiger partial charge in [0.1, 0.15) is 5.75 Å². The molecular weight excluding hydrogens is 252 g/mol. The van der Waals surface area contributed by atoms with Gasteiger partial charge in [0.2, 0.25) is 0 Å². The number of aliphatic carboxylic acids is 1. The predicted octanol–water partition coefficient (Wildman–Crippen LogP) is 4.47. The van der Waals surface area contributed by atoms with E-state index in [0.29, 0.717) is 31.8 Å². The smallest absolute Gasteiger partial charge is 0.309 e. The van der Waals surface area contributed by atoms with Gasteiger partial charge in [-0.3, -0.25) is 4.79 Å². The van der Waals surface area contributed by atoms with Crippen molar-refractivity contribution >= 4 is 5.97 Å². The van der Waals surface area contributed by atoms with Crippen molar-refractivity contribution < 1.29 is 14.6 Å². The Morgan fingerprint density at radius 1 is 1.20 bits per heavy atom. The molecule has 3 heteroatoms. The van der Waals surface area contributed by atoms with Gasteiger partial charge in [0.05, 0.1) is 12.0 Å². The van der Waals surface area contributed by atoms with E-state index in [1.807, 2.05) is 26.0 Å². The lowest BCUT2D eigenvalue weighted by Crippen LogP contribution is -2.31. The summed E-state index contributed by atoms with van der Waals surface area (Å²) in [6.07, 6.45) is 1.81. The van der Waals surface area contributed by atoms with Gasteiger partial charge in [-0.05, 0) is 42.9 Å². The van der Waals surface area contributed by atoms with Crippen LogP contribution >= 0.6 is 0 Å². The fraction of sp³-hybridized carbons (Fsp3) is 0.588. The lowest BCUT2D eigenvalue weighted by Gasteiger charge is -2.26. The van der Waals surface area contributed by atoms with Crippen LogP contribution in [-0.4, -0.2) is 17.7 Å². The molecule has 0 amide bonds. The number of carboxylic acids is 1. The molecule has 0 heterocycles. The highest BCUT2D eigenvalue weighted by atomic mass is 16.5. The quantitative estimate of drug-likeness (QED) is 0.763. The molecule has 0 saturated carbocycles. The van der Waals surface area contributed by atoms with Crippen molar-refractivity contribution in [1.82, 2.24) is 0 Å². The molecule has 3 nitrogen and oxygen atoms in total. The summed E-state index contributed by atoms with van der Waals surface area (Å²) < 4.78 is 5.69. The second-order valence-electron chi connectivity index (χ2n) is 5.61. The SMILES string of the molecule is CCC(CC)(CCOc1ccc(C(C)C)cc1)C(=O)O. The summed E-state index contributed by atoms with van der Waals surface area (Å²) in [4.78, 5) is 11.4. The number of carboxylic acid groups (broad SMARTS) is 1. The summed E-state index contributed by atoms with van der Waals surface area (Å²) in [6, 6.07) is 8.03. The van der Waals surface area contributed by atoms with E-state index in [1.165, 1.54) is 5.56 Å². The minimum atomic E-state index is -0.721. The minimum absolute atomic E-state index is 0.439. The maximum absolute atomic E-state index is 11.4. The van der Waals surface area contributed by atoms with Crippen LogP contribution in [0.2, 0.25) is 0 Å². The lowest BCUT2D eigenvalue weighted by atomic mass is 9.79. The standard InChI is InChI=1S/C17H26O3/c1-5-17(6-2,16(18)19)11-12-20-15-9-7-14(8-10-15)13(3)4/h7-10,13H,5-6,11-12H2,1-4H3,(H,18,19). The molecule has 0 bridgehead atoms. The minimum Gasteiger partial charge on any atom is -0.494 e. The van der Waals surface area contributed by atoms with Crippen molar-refractivity contribution in [2.75, 3.05) is 6.61 Å². The molecule has 0 atom stereocenters. The third-order valence-corrected chi connectivity index (χ3v) is 4.20. The van der Waals surface area contributed by atoms with E-state index >= 15 is 0 Å². The second-order valence-corrected chi connectivity index (χ2v) is 5.61. The zero-order chi connectivity index (χ0) is 15.2. The third-order valence-electron chi connectivity index (χ3n) is 4.20. The Morgan fingerprint density at radius 3 is 2.15 bits per heavy atom. The Bertz CT molecular complexity index is 416. The summed E-state index contributed by atoms with van der Waals surface area (Å²) in [7, 11) is 0. The summed E-state index contributed by atoms with van der Waals surface area (Å²) in [5, 5.41) is 9.36. The average Bonchev–Trinajstić information content (AvgIpc) is 2.44. The van der Waals surface area contributed by atoms with E-state index in [2.05, 4.69) is 26.0 Å². The highest BCUT2D eigenvalue weighted by Gasteiger charge is 2.34. The van der Waals surface area contributed by atoms with E-state index in [0.717, 1.165) is 5.75 Å². The molecule has 1 aromatic rings. The van der Waals surface area contributed by atoms with E-state index in [4.69, 9.17) is 4.74 Å². The van der Waals surface area contributed by atoms with Crippen molar-refractivity contribution in [3.05, 3.63) is 29.8 Å². The van der Waals surface area contributed by atoms with Crippen molar-refractivity contribution in [2.45, 2.75) is 52.9 Å². The van der Waals surface area contributed by atoms with Crippen LogP contribution in [0.3, 0.4) is 0 Å². The number of hydrogen-bond donors (Lipinski definition) is 1. The summed E-state index contributed by atoms with van der Waals surface area (Å²) in [6.45, 7) is 8.60. The van der Waals surface area contributed by atoms with Crippen molar-refractivity contribution in [3.8, 4) is 5.75 Å². The number of hydrogen-bond acceptors (Lipinski definition) is 2. The molecule has 0 fully saturated rings. The topological polar surface area (TPSA) is 46.5 Å². The van der Waals surface area contributed by atoms with E-state index < -0.39 is 11.4 Å². The van der Waals surface area contributed by atoms with Crippen LogP contribution in [0.25, 0.3) is 0 Å². The highest BCUT2D eigenvalue weighted by Crippen LogP contribution is 2.31. The Kier molecular flexibility index (Phi) is 6.05. The molecule has 0 unspecified atom stereocenters. The zero-order valence-electron chi connectivity index (χ0n) is 13.0. The van der Waals surface area contributed by atoms with Gasteiger partial charge >= 0.3 is 5.97 Å². The largest absolute Gasteiger partial charge is 0.494 e. The van der Waals surface area contributed by atoms with Gasteiger partial charge < -0.3 is 9.84 Å². The monoisotopic (exact) mass is 278 g/mol. The first-order valence-corrected chi connectivity index (χ1v) is 7.41. The first-order chi connectivity index (χ1) is 9.45. The van der Waals surface area contributed by atoms with Gasteiger partial charge in [0.15, 0.2) is 0 Å². The summed E-state index contributed by atoms with van der Waals surface area (Å²) in [5.74, 6) is 0.589. The molecule has 0 aliphatic rings. The van der Waals surface area contributed by atoms with Crippen molar-refractivity contribution in [2.24, 2.45) is 5.41 Å². The molecule has 1 aromatic carbocycles. The Morgan fingerprint density at radius 2 is 1.75 bits per heavy atom. The molecule has 1 N–H and O–H groups in total. The highest BCUT2D eigenvalue weighted by molar-refractivity contribution is 5.74. The average molecular weight is 278 g/mol. The van der Waals surface area contributed by atoms with E-state index in [-0.39, 0.29) is 0 Å². The van der Waals surface area contributed by atoms with Crippen LogP contribution in [0.1, 0.15) is 58.4 Å². The molecule has 0 saturated heterocycles. The van der Waals surface area contributed by atoms with Crippen molar-refractivity contribution in [3.63, 3.8) is 0 Å². The van der Waals surface area contributed by atoms with E-state index in [9.17, 15) is 9.90 Å². The molecule has 0 aromatic heterocycles. The number of ether oxygens (including phenoxy) is 1. The Balaban J connectivity index is 2.57.